The standard InChI is InChI=1S/C14H8Cl2N4O2/c15-7-2-1-6(3-8(7)16)9-4-10(19-5-18-9)20-12-11(17)13(21)14(12)22/h1-5H,17H2,(H,18,19,20). The van der Waals surface area contributed by atoms with Crippen LogP contribution >= 0.6 is 23.2 Å². The van der Waals surface area contributed by atoms with Crippen molar-refractivity contribution in [3.8, 4) is 11.3 Å². The molecule has 0 bridgehead atoms. The van der Waals surface area contributed by atoms with Crippen LogP contribution in [0.1, 0.15) is 0 Å². The van der Waals surface area contributed by atoms with Crippen LogP contribution in [0.5, 0.6) is 0 Å². The second-order valence-electron chi connectivity index (χ2n) is 4.49. The summed E-state index contributed by atoms with van der Waals surface area (Å²) in [4.78, 5) is 30.6. The number of benzene rings is 1. The number of nitrogens with two attached hydrogens (primary N) is 1. The fourth-order valence-corrected chi connectivity index (χ4v) is 2.20. The third kappa shape index (κ3) is 2.43. The highest BCUT2D eigenvalue weighted by Crippen LogP contribution is 2.28. The minimum atomic E-state index is -0.693. The molecule has 2 aromatic carbocycles. The first-order valence-corrected chi connectivity index (χ1v) is 6.86. The van der Waals surface area contributed by atoms with Crippen molar-refractivity contribution in [2.24, 2.45) is 0 Å². The van der Waals surface area contributed by atoms with Crippen molar-refractivity contribution in [1.29, 1.82) is 0 Å². The molecule has 1 heterocycles. The first kappa shape index (κ1) is 14.5. The molecule has 0 aliphatic carbocycles. The van der Waals surface area contributed by atoms with E-state index in [0.29, 0.717) is 21.6 Å². The summed E-state index contributed by atoms with van der Waals surface area (Å²) in [5.41, 5.74) is 5.37. The van der Waals surface area contributed by atoms with Crippen LogP contribution in [-0.2, 0) is 0 Å². The summed E-state index contributed by atoms with van der Waals surface area (Å²) in [5, 5.41) is 3.56. The summed E-state index contributed by atoms with van der Waals surface area (Å²) in [6, 6.07) is 6.69. The van der Waals surface area contributed by atoms with Crippen molar-refractivity contribution >= 4 is 40.4 Å². The number of nitrogens with zero attached hydrogens (tertiary/aromatic N) is 2. The number of halogens is 2. The smallest absolute Gasteiger partial charge is 0.253 e. The lowest BCUT2D eigenvalue weighted by molar-refractivity contribution is 1.17. The molecule has 0 unspecified atom stereocenters. The predicted molar refractivity (Wildman–Crippen MR) is 86.5 cm³/mol. The first-order valence-electron chi connectivity index (χ1n) is 6.10. The molecule has 0 aliphatic heterocycles. The molecule has 0 aliphatic rings. The van der Waals surface area contributed by atoms with E-state index in [0.717, 1.165) is 5.56 Å². The van der Waals surface area contributed by atoms with Gasteiger partial charge in [0.2, 0.25) is 0 Å². The lowest BCUT2D eigenvalue weighted by Crippen LogP contribution is -2.36. The Bertz CT molecular complexity index is 948. The minimum absolute atomic E-state index is 0.0452. The molecule has 0 atom stereocenters. The summed E-state index contributed by atoms with van der Waals surface area (Å²) in [6.07, 6.45) is 1.32. The van der Waals surface area contributed by atoms with Crippen LogP contribution in [0.4, 0.5) is 17.2 Å². The summed E-state index contributed by atoms with van der Waals surface area (Å²) in [5.74, 6) is 0.342. The van der Waals surface area contributed by atoms with Gasteiger partial charge in [0.15, 0.2) is 0 Å². The van der Waals surface area contributed by atoms with E-state index < -0.39 is 10.9 Å². The molecule has 1 aromatic heterocycles. The molecule has 0 radical (unpaired) electrons. The molecule has 110 valence electrons. The Morgan fingerprint density at radius 1 is 1.00 bits per heavy atom. The normalized spacial score (nSPS) is 10.8. The van der Waals surface area contributed by atoms with Crippen molar-refractivity contribution in [3.05, 3.63) is 61.1 Å². The Morgan fingerprint density at radius 3 is 2.45 bits per heavy atom. The average Bonchev–Trinajstić information content (AvgIpc) is 2.54. The van der Waals surface area contributed by atoms with Gasteiger partial charge in [0, 0.05) is 11.6 Å². The van der Waals surface area contributed by atoms with Gasteiger partial charge in [-0.1, -0.05) is 29.3 Å². The van der Waals surface area contributed by atoms with Crippen molar-refractivity contribution in [2.75, 3.05) is 11.1 Å². The van der Waals surface area contributed by atoms with Gasteiger partial charge >= 0.3 is 0 Å². The average molecular weight is 335 g/mol. The van der Waals surface area contributed by atoms with Crippen LogP contribution < -0.4 is 21.9 Å². The molecule has 22 heavy (non-hydrogen) atoms. The van der Waals surface area contributed by atoms with E-state index in [4.69, 9.17) is 28.9 Å². The molecule has 3 rings (SSSR count). The van der Waals surface area contributed by atoms with E-state index in [2.05, 4.69) is 15.3 Å². The van der Waals surface area contributed by atoms with Gasteiger partial charge in [0.05, 0.1) is 15.7 Å². The van der Waals surface area contributed by atoms with E-state index in [1.54, 1.807) is 24.3 Å². The maximum Gasteiger partial charge on any atom is 0.253 e. The summed E-state index contributed by atoms with van der Waals surface area (Å²) in [6.45, 7) is 0. The predicted octanol–water partition coefficient (Wildman–Crippen LogP) is 2.37. The van der Waals surface area contributed by atoms with Crippen molar-refractivity contribution in [3.63, 3.8) is 0 Å². The quantitative estimate of drug-likeness (QED) is 0.713. The van der Waals surface area contributed by atoms with E-state index in [1.165, 1.54) is 6.33 Å². The number of nitrogen functional groups attached to an aromatic ring is 1. The zero-order valence-electron chi connectivity index (χ0n) is 10.9. The minimum Gasteiger partial charge on any atom is -0.394 e. The van der Waals surface area contributed by atoms with Crippen LogP contribution in [0, 0.1) is 0 Å². The SMILES string of the molecule is Nc1c(Nc2cc(-c3ccc(Cl)c(Cl)c3)ncn2)c(=O)c1=O. The largest absolute Gasteiger partial charge is 0.394 e. The number of hydrogen-bond acceptors (Lipinski definition) is 6. The van der Waals surface area contributed by atoms with Crippen LogP contribution in [-0.4, -0.2) is 9.97 Å². The molecule has 0 fully saturated rings. The summed E-state index contributed by atoms with van der Waals surface area (Å²) in [7, 11) is 0. The molecular weight excluding hydrogens is 327 g/mol. The molecule has 0 spiro atoms. The van der Waals surface area contributed by atoms with Gasteiger partial charge in [-0.25, -0.2) is 9.97 Å². The maximum atomic E-state index is 11.4. The molecule has 0 saturated heterocycles. The van der Waals surface area contributed by atoms with Gasteiger partial charge in [-0.15, -0.1) is 0 Å². The zero-order chi connectivity index (χ0) is 15.9. The van der Waals surface area contributed by atoms with Crippen LogP contribution in [0.15, 0.2) is 40.2 Å². The Hall–Kier alpha value is -2.44. The molecule has 6 nitrogen and oxygen atoms in total. The highest BCUT2D eigenvalue weighted by Gasteiger charge is 2.18. The van der Waals surface area contributed by atoms with Gasteiger partial charge in [-0.05, 0) is 12.1 Å². The number of rotatable bonds is 3. The maximum absolute atomic E-state index is 11.4. The molecule has 8 heteroatoms. The lowest BCUT2D eigenvalue weighted by atomic mass is 10.1. The Balaban J connectivity index is 1.95. The van der Waals surface area contributed by atoms with Crippen LogP contribution in [0.3, 0.4) is 0 Å². The third-order valence-corrected chi connectivity index (χ3v) is 3.82. The first-order chi connectivity index (χ1) is 10.5. The summed E-state index contributed by atoms with van der Waals surface area (Å²) >= 11 is 11.9. The van der Waals surface area contributed by atoms with Gasteiger partial charge in [0.25, 0.3) is 10.9 Å². The van der Waals surface area contributed by atoms with Gasteiger partial charge in [-0.2, -0.15) is 0 Å². The highest BCUT2D eigenvalue weighted by molar-refractivity contribution is 6.42. The fourth-order valence-electron chi connectivity index (χ4n) is 1.90. The topological polar surface area (TPSA) is 98.0 Å². The third-order valence-electron chi connectivity index (χ3n) is 3.08. The fraction of sp³-hybridized carbons (Fsp3) is 0. The number of aromatic nitrogens is 2. The van der Waals surface area contributed by atoms with Crippen LogP contribution in [0.2, 0.25) is 10.0 Å². The van der Waals surface area contributed by atoms with E-state index >= 15 is 0 Å². The molecule has 3 aromatic rings. The molecule has 0 amide bonds. The van der Waals surface area contributed by atoms with Gasteiger partial charge in [0.1, 0.15) is 23.5 Å². The second kappa shape index (κ2) is 5.40. The molecular formula is C14H8Cl2N4O2. The number of anilines is 3. The number of nitrogens with one attached hydrogen (secondary N) is 1. The molecule has 0 saturated carbocycles. The van der Waals surface area contributed by atoms with Crippen molar-refractivity contribution < 1.29 is 0 Å². The molecule has 3 N–H and O–H groups in total. The monoisotopic (exact) mass is 334 g/mol. The zero-order valence-corrected chi connectivity index (χ0v) is 12.4. The van der Waals surface area contributed by atoms with Crippen molar-refractivity contribution in [1.82, 2.24) is 9.97 Å². The Kier molecular flexibility index (Phi) is 3.56. The second-order valence-corrected chi connectivity index (χ2v) is 5.30. The van der Waals surface area contributed by atoms with E-state index in [9.17, 15) is 9.59 Å². The Morgan fingerprint density at radius 2 is 1.77 bits per heavy atom. The number of hydrogen-bond donors (Lipinski definition) is 2. The van der Waals surface area contributed by atoms with Gasteiger partial charge in [-0.3, -0.25) is 9.59 Å². The van der Waals surface area contributed by atoms with E-state index in [1.807, 2.05) is 0 Å². The Labute approximate surface area is 134 Å². The van der Waals surface area contributed by atoms with Crippen molar-refractivity contribution in [2.45, 2.75) is 0 Å². The summed E-state index contributed by atoms with van der Waals surface area (Å²) < 4.78 is 0. The van der Waals surface area contributed by atoms with E-state index in [-0.39, 0.29) is 11.4 Å². The highest BCUT2D eigenvalue weighted by atomic mass is 35.5. The lowest BCUT2D eigenvalue weighted by Gasteiger charge is -2.10. The van der Waals surface area contributed by atoms with Gasteiger partial charge < -0.3 is 11.1 Å². The van der Waals surface area contributed by atoms with Crippen LogP contribution in [0.25, 0.3) is 11.3 Å².